The third-order valence-corrected chi connectivity index (χ3v) is 5.03. The van der Waals surface area contributed by atoms with Gasteiger partial charge in [0.15, 0.2) is 0 Å². The fourth-order valence-electron chi connectivity index (χ4n) is 2.66. The Labute approximate surface area is 125 Å². The van der Waals surface area contributed by atoms with E-state index in [-0.39, 0.29) is 6.04 Å². The Morgan fingerprint density at radius 1 is 1.42 bits per heavy atom. The molecule has 0 amide bonds. The van der Waals surface area contributed by atoms with Crippen molar-refractivity contribution in [1.29, 1.82) is 0 Å². The lowest BCUT2D eigenvalue weighted by atomic mass is 10.1. The van der Waals surface area contributed by atoms with Gasteiger partial charge < -0.3 is 10.6 Å². The predicted octanol–water partition coefficient (Wildman–Crippen LogP) is 1.97. The number of thiocarbonyl (C=S) groups is 1. The van der Waals surface area contributed by atoms with Crippen LogP contribution in [0.2, 0.25) is 0 Å². The largest absolute Gasteiger partial charge is 0.392 e. The maximum absolute atomic E-state index is 5.81. The van der Waals surface area contributed by atoms with E-state index in [0.717, 1.165) is 39.1 Å². The summed E-state index contributed by atoms with van der Waals surface area (Å²) >= 11 is 7.01. The van der Waals surface area contributed by atoms with Gasteiger partial charge in [-0.25, -0.2) is 0 Å². The van der Waals surface area contributed by atoms with Gasteiger partial charge in [0, 0.05) is 37.6 Å². The highest BCUT2D eigenvalue weighted by Gasteiger charge is 2.24. The Morgan fingerprint density at radius 3 is 2.68 bits per heavy atom. The second-order valence-corrected chi connectivity index (χ2v) is 6.54. The second kappa shape index (κ2) is 7.33. The molecule has 0 bridgehead atoms. The molecule has 1 aromatic rings. The van der Waals surface area contributed by atoms with Crippen LogP contribution < -0.4 is 5.73 Å². The van der Waals surface area contributed by atoms with Crippen LogP contribution in [0.1, 0.15) is 18.2 Å². The first-order valence-corrected chi connectivity index (χ1v) is 8.27. The monoisotopic (exact) mass is 297 g/mol. The van der Waals surface area contributed by atoms with Crippen LogP contribution in [0.4, 0.5) is 0 Å². The van der Waals surface area contributed by atoms with Gasteiger partial charge in [-0.1, -0.05) is 25.2 Å². The Morgan fingerprint density at radius 2 is 2.16 bits per heavy atom. The van der Waals surface area contributed by atoms with Crippen LogP contribution in [0.25, 0.3) is 0 Å². The Kier molecular flexibility index (Phi) is 5.76. The molecule has 0 spiro atoms. The number of nitrogens with two attached hydrogens (primary N) is 1. The Hall–Kier alpha value is -0.490. The van der Waals surface area contributed by atoms with Crippen molar-refractivity contribution in [2.45, 2.75) is 25.8 Å². The van der Waals surface area contributed by atoms with Gasteiger partial charge in [0.2, 0.25) is 0 Å². The predicted molar refractivity (Wildman–Crippen MR) is 86.9 cm³/mol. The molecule has 1 fully saturated rings. The average molecular weight is 297 g/mol. The van der Waals surface area contributed by atoms with Crippen molar-refractivity contribution in [1.82, 2.24) is 9.80 Å². The van der Waals surface area contributed by atoms with Gasteiger partial charge in [-0.3, -0.25) is 4.90 Å². The fourth-order valence-corrected chi connectivity index (χ4v) is 3.68. The molecule has 1 saturated heterocycles. The summed E-state index contributed by atoms with van der Waals surface area (Å²) in [6.07, 6.45) is 2.19. The van der Waals surface area contributed by atoms with E-state index in [1.165, 1.54) is 11.3 Å². The molecule has 19 heavy (non-hydrogen) atoms. The molecular weight excluding hydrogens is 274 g/mol. The Bertz CT molecular complexity index is 383. The first kappa shape index (κ1) is 14.9. The molecule has 3 nitrogen and oxygen atoms in total. The summed E-state index contributed by atoms with van der Waals surface area (Å²) in [5.74, 6) is 0. The number of thiophene rings is 1. The van der Waals surface area contributed by atoms with Crippen molar-refractivity contribution < 1.29 is 0 Å². The molecule has 106 valence electrons. The zero-order valence-corrected chi connectivity index (χ0v) is 13.2. The number of nitrogens with zero attached hydrogens (tertiary/aromatic N) is 2. The van der Waals surface area contributed by atoms with Gasteiger partial charge in [-0.2, -0.15) is 0 Å². The molecule has 0 aromatic carbocycles. The van der Waals surface area contributed by atoms with E-state index < -0.39 is 0 Å². The van der Waals surface area contributed by atoms with Crippen molar-refractivity contribution in [2.24, 2.45) is 5.73 Å². The van der Waals surface area contributed by atoms with Gasteiger partial charge in [0.25, 0.3) is 0 Å². The molecule has 5 heteroatoms. The van der Waals surface area contributed by atoms with E-state index in [4.69, 9.17) is 18.0 Å². The summed E-state index contributed by atoms with van der Waals surface area (Å²) in [4.78, 5) is 7.11. The van der Waals surface area contributed by atoms with Crippen LogP contribution in [-0.4, -0.2) is 53.6 Å². The number of rotatable bonds is 6. The molecule has 2 N–H and O–H groups in total. The Balaban J connectivity index is 1.74. The first-order chi connectivity index (χ1) is 9.20. The topological polar surface area (TPSA) is 32.5 Å². The van der Waals surface area contributed by atoms with E-state index in [1.54, 1.807) is 0 Å². The summed E-state index contributed by atoms with van der Waals surface area (Å²) in [6, 6.07) is 4.64. The molecule has 0 radical (unpaired) electrons. The molecular formula is C14H23N3S2. The summed E-state index contributed by atoms with van der Waals surface area (Å²) in [5, 5.41) is 2.15. The van der Waals surface area contributed by atoms with Crippen molar-refractivity contribution in [3.8, 4) is 0 Å². The smallest absolute Gasteiger partial charge is 0.0901 e. The maximum atomic E-state index is 5.81. The normalized spacial score (nSPS) is 19.4. The summed E-state index contributed by atoms with van der Waals surface area (Å²) in [7, 11) is 0. The lowest BCUT2D eigenvalue weighted by molar-refractivity contribution is 0.117. The molecule has 2 rings (SSSR count). The standard InChI is InChI=1S/C14H23N3S2/c1-2-13(14(15)18)17-9-7-16(8-10-17)6-5-12-4-3-11-19-12/h3-4,11,13H,2,5-10H2,1H3,(H2,15,18). The molecule has 1 atom stereocenters. The van der Waals surface area contributed by atoms with Gasteiger partial charge in [-0.05, 0) is 24.3 Å². The highest BCUT2D eigenvalue weighted by Crippen LogP contribution is 2.13. The number of hydrogen-bond donors (Lipinski definition) is 1. The van der Waals surface area contributed by atoms with Crippen molar-refractivity contribution in [3.63, 3.8) is 0 Å². The maximum Gasteiger partial charge on any atom is 0.0901 e. The van der Waals surface area contributed by atoms with Gasteiger partial charge in [0.05, 0.1) is 11.0 Å². The van der Waals surface area contributed by atoms with E-state index in [0.29, 0.717) is 4.99 Å². The number of piperazine rings is 1. The molecule has 0 aliphatic carbocycles. The van der Waals surface area contributed by atoms with E-state index in [2.05, 4.69) is 34.2 Å². The minimum atomic E-state index is 0.287. The molecule has 1 aromatic heterocycles. The molecule has 1 aliphatic rings. The minimum absolute atomic E-state index is 0.287. The second-order valence-electron chi connectivity index (χ2n) is 5.03. The number of hydrogen-bond acceptors (Lipinski definition) is 4. The quantitative estimate of drug-likeness (QED) is 0.814. The lowest BCUT2D eigenvalue weighted by Gasteiger charge is -2.38. The van der Waals surface area contributed by atoms with Crippen molar-refractivity contribution in [3.05, 3.63) is 22.4 Å². The lowest BCUT2D eigenvalue weighted by Crippen LogP contribution is -2.53. The van der Waals surface area contributed by atoms with Gasteiger partial charge in [-0.15, -0.1) is 11.3 Å². The third kappa shape index (κ3) is 4.24. The molecule has 1 unspecified atom stereocenters. The van der Waals surface area contributed by atoms with Crippen molar-refractivity contribution in [2.75, 3.05) is 32.7 Å². The van der Waals surface area contributed by atoms with Crippen LogP contribution in [0.3, 0.4) is 0 Å². The van der Waals surface area contributed by atoms with Crippen LogP contribution in [0.5, 0.6) is 0 Å². The van der Waals surface area contributed by atoms with Crippen LogP contribution >= 0.6 is 23.6 Å². The zero-order chi connectivity index (χ0) is 13.7. The summed E-state index contributed by atoms with van der Waals surface area (Å²) in [6.45, 7) is 7.75. The summed E-state index contributed by atoms with van der Waals surface area (Å²) < 4.78 is 0. The molecule has 2 heterocycles. The summed E-state index contributed by atoms with van der Waals surface area (Å²) in [5.41, 5.74) is 5.81. The van der Waals surface area contributed by atoms with Crippen LogP contribution in [-0.2, 0) is 6.42 Å². The highest BCUT2D eigenvalue weighted by atomic mass is 32.1. The van der Waals surface area contributed by atoms with Gasteiger partial charge in [0.1, 0.15) is 0 Å². The van der Waals surface area contributed by atoms with E-state index >= 15 is 0 Å². The van der Waals surface area contributed by atoms with Crippen LogP contribution in [0.15, 0.2) is 17.5 Å². The first-order valence-electron chi connectivity index (χ1n) is 6.98. The average Bonchev–Trinajstić information content (AvgIpc) is 2.91. The van der Waals surface area contributed by atoms with Crippen molar-refractivity contribution >= 4 is 28.5 Å². The highest BCUT2D eigenvalue weighted by molar-refractivity contribution is 7.80. The third-order valence-electron chi connectivity index (χ3n) is 3.82. The van der Waals surface area contributed by atoms with Crippen LogP contribution in [0, 0.1) is 0 Å². The zero-order valence-electron chi connectivity index (χ0n) is 11.5. The van der Waals surface area contributed by atoms with E-state index in [1.807, 2.05) is 11.3 Å². The molecule has 1 aliphatic heterocycles. The molecule has 0 saturated carbocycles. The SMILES string of the molecule is CCC(C(N)=S)N1CCN(CCc2cccs2)CC1. The fraction of sp³-hybridized carbons (Fsp3) is 0.643. The van der Waals surface area contributed by atoms with E-state index in [9.17, 15) is 0 Å². The van der Waals surface area contributed by atoms with Gasteiger partial charge >= 0.3 is 0 Å². The minimum Gasteiger partial charge on any atom is -0.392 e.